The molecule has 0 radical (unpaired) electrons. The van der Waals surface area contributed by atoms with Crippen LogP contribution in [0.5, 0.6) is 0 Å². The number of rotatable bonds is 5. The lowest BCUT2D eigenvalue weighted by molar-refractivity contribution is -0.121. The fraction of sp³-hybridized carbons (Fsp3) is 0.533. The standard InChI is InChI=1S/C15H21ClN2OS.ClH/c1-9(2)20-14-12(16)5-4-6-13(14)18-15(19)10(3)11-7-17-8-11;/h4-6,9-11,17H,7-8H2,1-3H3,(H,18,19);1H. The molecule has 2 rings (SSSR count). The molecule has 0 saturated carbocycles. The summed E-state index contributed by atoms with van der Waals surface area (Å²) in [6, 6.07) is 5.65. The van der Waals surface area contributed by atoms with Crippen molar-refractivity contribution in [2.24, 2.45) is 11.8 Å². The van der Waals surface area contributed by atoms with Crippen LogP contribution in [0.1, 0.15) is 20.8 Å². The Bertz CT molecular complexity index is 493. The molecule has 1 aromatic rings. The summed E-state index contributed by atoms with van der Waals surface area (Å²) in [5.74, 6) is 0.534. The highest BCUT2D eigenvalue weighted by Crippen LogP contribution is 2.37. The van der Waals surface area contributed by atoms with Gasteiger partial charge in [-0.15, -0.1) is 24.2 Å². The van der Waals surface area contributed by atoms with E-state index in [9.17, 15) is 4.79 Å². The largest absolute Gasteiger partial charge is 0.325 e. The SMILES string of the molecule is CC(C)Sc1c(Cl)cccc1NC(=O)C(C)C1CNC1.Cl. The molecule has 1 atom stereocenters. The van der Waals surface area contributed by atoms with Crippen molar-refractivity contribution in [3.05, 3.63) is 23.2 Å². The highest BCUT2D eigenvalue weighted by molar-refractivity contribution is 8.00. The maximum atomic E-state index is 12.3. The number of carbonyl (C=O) groups excluding carboxylic acids is 1. The van der Waals surface area contributed by atoms with Crippen LogP contribution in [0.15, 0.2) is 23.1 Å². The molecule has 2 N–H and O–H groups in total. The fourth-order valence-corrected chi connectivity index (χ4v) is 3.29. The molecule has 1 fully saturated rings. The molecule has 1 unspecified atom stereocenters. The zero-order valence-corrected chi connectivity index (χ0v) is 14.9. The van der Waals surface area contributed by atoms with E-state index in [2.05, 4.69) is 24.5 Å². The number of carbonyl (C=O) groups is 1. The number of nitrogens with one attached hydrogen (secondary N) is 2. The zero-order valence-electron chi connectivity index (χ0n) is 12.5. The maximum Gasteiger partial charge on any atom is 0.227 e. The lowest BCUT2D eigenvalue weighted by Crippen LogP contribution is -2.48. The second-order valence-corrected chi connectivity index (χ2v) is 7.47. The Balaban J connectivity index is 0.00000220. The molecule has 21 heavy (non-hydrogen) atoms. The third kappa shape index (κ3) is 4.78. The lowest BCUT2D eigenvalue weighted by Gasteiger charge is -2.31. The predicted molar refractivity (Wildman–Crippen MR) is 93.8 cm³/mol. The number of hydrogen-bond donors (Lipinski definition) is 2. The van der Waals surface area contributed by atoms with Crippen LogP contribution in [0.3, 0.4) is 0 Å². The summed E-state index contributed by atoms with van der Waals surface area (Å²) >= 11 is 7.93. The highest BCUT2D eigenvalue weighted by atomic mass is 35.5. The molecule has 0 spiro atoms. The van der Waals surface area contributed by atoms with Crippen molar-refractivity contribution in [3.8, 4) is 0 Å². The Kier molecular flexibility index (Phi) is 7.34. The van der Waals surface area contributed by atoms with Crippen LogP contribution in [-0.2, 0) is 4.79 Å². The maximum absolute atomic E-state index is 12.3. The van der Waals surface area contributed by atoms with E-state index in [-0.39, 0.29) is 24.2 Å². The van der Waals surface area contributed by atoms with Crippen molar-refractivity contribution >= 4 is 47.4 Å². The first-order valence-corrected chi connectivity index (χ1v) is 8.21. The van der Waals surface area contributed by atoms with E-state index in [0.29, 0.717) is 16.2 Å². The van der Waals surface area contributed by atoms with Gasteiger partial charge in [0.25, 0.3) is 0 Å². The molecule has 1 amide bonds. The summed E-state index contributed by atoms with van der Waals surface area (Å²) in [5, 5.41) is 7.35. The van der Waals surface area contributed by atoms with Crippen molar-refractivity contribution in [2.75, 3.05) is 18.4 Å². The van der Waals surface area contributed by atoms with E-state index in [1.54, 1.807) is 11.8 Å². The first kappa shape index (κ1) is 18.6. The van der Waals surface area contributed by atoms with Crippen LogP contribution >= 0.6 is 35.8 Å². The van der Waals surface area contributed by atoms with Crippen LogP contribution in [0.2, 0.25) is 5.02 Å². The van der Waals surface area contributed by atoms with Crippen LogP contribution in [0.25, 0.3) is 0 Å². The van der Waals surface area contributed by atoms with Crippen molar-refractivity contribution in [1.82, 2.24) is 5.32 Å². The number of halogens is 2. The molecule has 6 heteroatoms. The average Bonchev–Trinajstić information content (AvgIpc) is 2.30. The fourth-order valence-electron chi connectivity index (χ4n) is 2.09. The molecule has 0 bridgehead atoms. The van der Waals surface area contributed by atoms with E-state index in [0.717, 1.165) is 23.7 Å². The highest BCUT2D eigenvalue weighted by Gasteiger charge is 2.29. The van der Waals surface area contributed by atoms with Gasteiger partial charge in [0.1, 0.15) is 0 Å². The molecule has 3 nitrogen and oxygen atoms in total. The van der Waals surface area contributed by atoms with Gasteiger partial charge in [-0.1, -0.05) is 38.4 Å². The summed E-state index contributed by atoms with van der Waals surface area (Å²) < 4.78 is 0. The third-order valence-electron chi connectivity index (χ3n) is 3.51. The molecule has 1 heterocycles. The molecular formula is C15H22Cl2N2OS. The Morgan fingerprint density at radius 2 is 2.05 bits per heavy atom. The van der Waals surface area contributed by atoms with Crippen LogP contribution < -0.4 is 10.6 Å². The second-order valence-electron chi connectivity index (χ2n) is 5.48. The summed E-state index contributed by atoms with van der Waals surface area (Å²) in [5.41, 5.74) is 0.820. The molecular weight excluding hydrogens is 327 g/mol. The molecule has 0 aliphatic carbocycles. The number of amides is 1. The van der Waals surface area contributed by atoms with Crippen LogP contribution in [-0.4, -0.2) is 24.2 Å². The number of anilines is 1. The average molecular weight is 349 g/mol. The van der Waals surface area contributed by atoms with Crippen molar-refractivity contribution in [3.63, 3.8) is 0 Å². The summed E-state index contributed by atoms with van der Waals surface area (Å²) in [6.45, 7) is 8.07. The van der Waals surface area contributed by atoms with Crippen molar-refractivity contribution in [1.29, 1.82) is 0 Å². The predicted octanol–water partition coefficient (Wildman–Crippen LogP) is 4.06. The summed E-state index contributed by atoms with van der Waals surface area (Å²) in [6.07, 6.45) is 0. The minimum absolute atomic E-state index is 0. The third-order valence-corrected chi connectivity index (χ3v) is 5.09. The Labute approximate surface area is 142 Å². The van der Waals surface area contributed by atoms with Crippen LogP contribution in [0.4, 0.5) is 5.69 Å². The van der Waals surface area contributed by atoms with Gasteiger partial charge in [-0.25, -0.2) is 0 Å². The first-order valence-electron chi connectivity index (χ1n) is 6.95. The van der Waals surface area contributed by atoms with Gasteiger partial charge in [0.05, 0.1) is 10.7 Å². The molecule has 1 saturated heterocycles. The first-order chi connectivity index (χ1) is 9.49. The molecule has 0 aromatic heterocycles. The van der Waals surface area contributed by atoms with Crippen molar-refractivity contribution in [2.45, 2.75) is 30.9 Å². The number of benzene rings is 1. The van der Waals surface area contributed by atoms with Gasteiger partial charge in [-0.2, -0.15) is 0 Å². The second kappa shape index (κ2) is 8.28. The number of thioether (sulfide) groups is 1. The zero-order chi connectivity index (χ0) is 14.7. The Hall–Kier alpha value is -0.420. The Morgan fingerprint density at radius 1 is 1.38 bits per heavy atom. The molecule has 118 valence electrons. The van der Waals surface area contributed by atoms with Gasteiger partial charge in [-0.05, 0) is 31.1 Å². The normalized spacial score (nSPS) is 16.0. The minimum Gasteiger partial charge on any atom is -0.325 e. The molecule has 1 aliphatic rings. The van der Waals surface area contributed by atoms with E-state index in [4.69, 9.17) is 11.6 Å². The van der Waals surface area contributed by atoms with Gasteiger partial charge in [-0.3, -0.25) is 4.79 Å². The van der Waals surface area contributed by atoms with E-state index in [1.165, 1.54) is 0 Å². The molecule has 1 aromatic carbocycles. The number of hydrogen-bond acceptors (Lipinski definition) is 3. The Morgan fingerprint density at radius 3 is 2.57 bits per heavy atom. The van der Waals surface area contributed by atoms with Crippen molar-refractivity contribution < 1.29 is 4.79 Å². The van der Waals surface area contributed by atoms with E-state index in [1.807, 2.05) is 25.1 Å². The topological polar surface area (TPSA) is 41.1 Å². The van der Waals surface area contributed by atoms with Gasteiger partial charge in [0.2, 0.25) is 5.91 Å². The summed E-state index contributed by atoms with van der Waals surface area (Å²) in [4.78, 5) is 13.3. The quantitative estimate of drug-likeness (QED) is 0.788. The van der Waals surface area contributed by atoms with Gasteiger partial charge in [0.15, 0.2) is 0 Å². The van der Waals surface area contributed by atoms with Gasteiger partial charge < -0.3 is 10.6 Å². The smallest absolute Gasteiger partial charge is 0.227 e. The summed E-state index contributed by atoms with van der Waals surface area (Å²) in [7, 11) is 0. The van der Waals surface area contributed by atoms with E-state index >= 15 is 0 Å². The van der Waals surface area contributed by atoms with Gasteiger partial charge >= 0.3 is 0 Å². The van der Waals surface area contributed by atoms with E-state index < -0.39 is 0 Å². The van der Waals surface area contributed by atoms with Crippen LogP contribution in [0, 0.1) is 11.8 Å². The monoisotopic (exact) mass is 348 g/mol. The minimum atomic E-state index is 0. The lowest BCUT2D eigenvalue weighted by atomic mass is 9.88. The molecule has 1 aliphatic heterocycles. The van der Waals surface area contributed by atoms with Gasteiger partial charge in [0, 0.05) is 16.1 Å².